The van der Waals surface area contributed by atoms with Crippen molar-refractivity contribution < 1.29 is 4.74 Å². The molecule has 0 spiro atoms. The molecule has 0 saturated carbocycles. The van der Waals surface area contributed by atoms with Crippen molar-refractivity contribution >= 4 is 45.4 Å². The Bertz CT molecular complexity index is 1210. The molecular weight excluding hydrogens is 418 g/mol. The van der Waals surface area contributed by atoms with E-state index in [0.29, 0.717) is 0 Å². The average Bonchev–Trinajstić information content (AvgIpc) is 2.87. The Balaban J connectivity index is 1.30. The Morgan fingerprint density at radius 3 is 1.48 bits per heavy atom. The second-order valence-electron chi connectivity index (χ2n) is 8.07. The molecule has 3 heteroatoms. The summed E-state index contributed by atoms with van der Waals surface area (Å²) in [7, 11) is 2.78. The molecule has 4 aromatic rings. The van der Waals surface area contributed by atoms with Gasteiger partial charge in [-0.05, 0) is 52.1 Å². The van der Waals surface area contributed by atoms with E-state index in [0.717, 1.165) is 33.8 Å². The van der Waals surface area contributed by atoms with Gasteiger partial charge in [0, 0.05) is 22.5 Å². The van der Waals surface area contributed by atoms with Crippen molar-refractivity contribution in [3.63, 3.8) is 0 Å². The highest BCUT2D eigenvalue weighted by Crippen LogP contribution is 2.16. The van der Waals surface area contributed by atoms with Crippen LogP contribution in [-0.2, 0) is 6.54 Å². The minimum absolute atomic E-state index is 0.844. The van der Waals surface area contributed by atoms with E-state index in [1.807, 2.05) is 12.1 Å². The van der Waals surface area contributed by atoms with Crippen LogP contribution in [0.3, 0.4) is 0 Å². The van der Waals surface area contributed by atoms with E-state index in [2.05, 4.69) is 115 Å². The van der Waals surface area contributed by atoms with Crippen molar-refractivity contribution in [1.82, 2.24) is 0 Å². The van der Waals surface area contributed by atoms with E-state index in [1.165, 1.54) is 27.4 Å². The molecule has 0 aliphatic carbocycles. The van der Waals surface area contributed by atoms with Crippen LogP contribution in [0.1, 0.15) is 27.8 Å². The molecule has 0 heterocycles. The molecule has 4 aromatic carbocycles. The largest absolute Gasteiger partial charge is 0.497 e. The molecule has 0 aliphatic rings. The summed E-state index contributed by atoms with van der Waals surface area (Å²) in [5.74, 6) is 0.873. The molecule has 0 bridgehead atoms. The summed E-state index contributed by atoms with van der Waals surface area (Å²) in [6, 6.07) is 34.0. The van der Waals surface area contributed by atoms with Crippen LogP contribution in [0.2, 0.25) is 0 Å². The second-order valence-corrected chi connectivity index (χ2v) is 9.22. The summed E-state index contributed by atoms with van der Waals surface area (Å²) in [6.07, 6.45) is 8.53. The first kappa shape index (κ1) is 22.4. The van der Waals surface area contributed by atoms with E-state index < -0.39 is 0 Å². The SMILES string of the molecule is COc1ccc(/C=C/c2ccc(/C=C/c3ccc(NCc4ccc([SiH3])cc4)cc3)cc2)cc1. The Hall–Kier alpha value is -3.82. The molecule has 0 atom stereocenters. The Morgan fingerprint density at radius 2 is 1.03 bits per heavy atom. The number of hydrogen-bond donors (Lipinski definition) is 1. The fourth-order valence-corrected chi connectivity index (χ4v) is 3.77. The maximum Gasteiger partial charge on any atom is 0.118 e. The molecule has 1 N–H and O–H groups in total. The minimum Gasteiger partial charge on any atom is -0.497 e. The van der Waals surface area contributed by atoms with Crippen LogP contribution in [0.15, 0.2) is 97.1 Å². The average molecular weight is 448 g/mol. The number of methoxy groups -OCH3 is 1. The summed E-state index contributed by atoms with van der Waals surface area (Å²) >= 11 is 0. The highest BCUT2D eigenvalue weighted by molar-refractivity contribution is 6.32. The van der Waals surface area contributed by atoms with Crippen LogP contribution in [0, 0.1) is 0 Å². The highest BCUT2D eigenvalue weighted by Gasteiger charge is 1.96. The summed E-state index contributed by atoms with van der Waals surface area (Å²) in [5.41, 5.74) is 7.13. The number of nitrogens with one attached hydrogen (secondary N) is 1. The molecule has 2 nitrogen and oxygen atoms in total. The normalized spacial score (nSPS) is 11.3. The fraction of sp³-hybridized carbons (Fsp3) is 0.0667. The molecule has 0 aromatic heterocycles. The number of hydrogen-bond acceptors (Lipinski definition) is 2. The van der Waals surface area contributed by atoms with Gasteiger partial charge in [0.15, 0.2) is 0 Å². The molecule has 4 rings (SSSR count). The molecule has 0 radical (unpaired) electrons. The maximum atomic E-state index is 5.20. The van der Waals surface area contributed by atoms with E-state index >= 15 is 0 Å². The lowest BCUT2D eigenvalue weighted by atomic mass is 10.1. The standard InChI is InChI=1S/C30H29NOSi/c1-32-29-18-12-26(13-19-29)9-7-24-4-2-23(3-5-24)6-8-25-10-16-28(17-11-25)31-22-27-14-20-30(33)21-15-27/h2-21,31H,22H2,1,33H3/b8-6+,9-7+. The van der Waals surface area contributed by atoms with Gasteiger partial charge in [0.2, 0.25) is 0 Å². The monoisotopic (exact) mass is 447 g/mol. The third kappa shape index (κ3) is 6.83. The van der Waals surface area contributed by atoms with Crippen molar-refractivity contribution in [2.45, 2.75) is 6.54 Å². The first-order chi connectivity index (χ1) is 16.2. The Kier molecular flexibility index (Phi) is 7.57. The van der Waals surface area contributed by atoms with E-state index in [4.69, 9.17) is 4.74 Å². The fourth-order valence-electron chi connectivity index (χ4n) is 3.44. The second kappa shape index (κ2) is 11.2. The summed E-state index contributed by atoms with van der Waals surface area (Å²) < 4.78 is 5.20. The smallest absolute Gasteiger partial charge is 0.118 e. The zero-order chi connectivity index (χ0) is 22.9. The van der Waals surface area contributed by atoms with Crippen LogP contribution in [0.25, 0.3) is 24.3 Å². The van der Waals surface area contributed by atoms with Gasteiger partial charge in [-0.2, -0.15) is 0 Å². The van der Waals surface area contributed by atoms with Crippen molar-refractivity contribution in [3.05, 3.63) is 125 Å². The Morgan fingerprint density at radius 1 is 0.606 bits per heavy atom. The van der Waals surface area contributed by atoms with E-state index in [1.54, 1.807) is 7.11 Å². The predicted octanol–water partition coefficient (Wildman–Crippen LogP) is 5.64. The molecule has 0 amide bonds. The van der Waals surface area contributed by atoms with Crippen LogP contribution in [0.5, 0.6) is 5.75 Å². The lowest BCUT2D eigenvalue weighted by Crippen LogP contribution is -2.04. The van der Waals surface area contributed by atoms with Gasteiger partial charge < -0.3 is 10.1 Å². The first-order valence-corrected chi connectivity index (χ1v) is 12.2. The molecule has 0 saturated heterocycles. The molecule has 33 heavy (non-hydrogen) atoms. The number of benzene rings is 4. The zero-order valence-electron chi connectivity index (χ0n) is 19.2. The Labute approximate surface area is 199 Å². The highest BCUT2D eigenvalue weighted by atomic mass is 28.1. The van der Waals surface area contributed by atoms with Gasteiger partial charge >= 0.3 is 0 Å². The third-order valence-corrected chi connectivity index (χ3v) is 6.18. The van der Waals surface area contributed by atoms with Gasteiger partial charge in [0.05, 0.1) is 7.11 Å². The summed E-state index contributed by atoms with van der Waals surface area (Å²) in [4.78, 5) is 0. The van der Waals surface area contributed by atoms with Gasteiger partial charge in [-0.25, -0.2) is 0 Å². The lowest BCUT2D eigenvalue weighted by Gasteiger charge is -2.07. The molecule has 0 aliphatic heterocycles. The van der Waals surface area contributed by atoms with Crippen LogP contribution in [-0.4, -0.2) is 17.4 Å². The number of anilines is 1. The lowest BCUT2D eigenvalue weighted by molar-refractivity contribution is 0.415. The van der Waals surface area contributed by atoms with E-state index in [-0.39, 0.29) is 0 Å². The molecular formula is C30H29NOSi. The van der Waals surface area contributed by atoms with Crippen LogP contribution < -0.4 is 15.2 Å². The topological polar surface area (TPSA) is 21.3 Å². The number of ether oxygens (including phenoxy) is 1. The van der Waals surface area contributed by atoms with Crippen LogP contribution in [0.4, 0.5) is 5.69 Å². The third-order valence-electron chi connectivity index (χ3n) is 5.52. The zero-order valence-corrected chi connectivity index (χ0v) is 21.2. The van der Waals surface area contributed by atoms with Crippen molar-refractivity contribution in [2.24, 2.45) is 0 Å². The molecule has 164 valence electrons. The minimum atomic E-state index is 0.844. The molecule has 0 unspecified atom stereocenters. The molecule has 0 fully saturated rings. The summed E-state index contributed by atoms with van der Waals surface area (Å²) in [6.45, 7) is 0.844. The predicted molar refractivity (Wildman–Crippen MR) is 147 cm³/mol. The van der Waals surface area contributed by atoms with Gasteiger partial charge in [0.1, 0.15) is 5.75 Å². The quantitative estimate of drug-likeness (QED) is 0.279. The first-order valence-electron chi connectivity index (χ1n) is 11.2. The van der Waals surface area contributed by atoms with Gasteiger partial charge in [0.25, 0.3) is 0 Å². The van der Waals surface area contributed by atoms with Crippen molar-refractivity contribution in [3.8, 4) is 5.75 Å². The maximum absolute atomic E-state index is 5.20. The van der Waals surface area contributed by atoms with Gasteiger partial charge in [-0.3, -0.25) is 0 Å². The summed E-state index contributed by atoms with van der Waals surface area (Å²) in [5, 5.41) is 4.92. The van der Waals surface area contributed by atoms with Crippen LogP contribution >= 0.6 is 0 Å². The van der Waals surface area contributed by atoms with Crippen molar-refractivity contribution in [2.75, 3.05) is 12.4 Å². The van der Waals surface area contributed by atoms with Gasteiger partial charge in [-0.1, -0.05) is 102 Å². The van der Waals surface area contributed by atoms with Crippen molar-refractivity contribution in [1.29, 1.82) is 0 Å². The van der Waals surface area contributed by atoms with Gasteiger partial charge in [-0.15, -0.1) is 0 Å². The number of rotatable bonds is 8. The van der Waals surface area contributed by atoms with E-state index in [9.17, 15) is 0 Å².